The maximum atomic E-state index is 11.3. The minimum absolute atomic E-state index is 0.0537. The minimum Gasteiger partial charge on any atom is -0.369 e. The van der Waals surface area contributed by atoms with Crippen LogP contribution >= 0.6 is 0 Å². The molecule has 0 atom stereocenters. The molecule has 5 heteroatoms. The Morgan fingerprint density at radius 1 is 1.21 bits per heavy atom. The average Bonchev–Trinajstić information content (AvgIpc) is 2.56. The minimum atomic E-state index is -0.446. The van der Waals surface area contributed by atoms with Crippen molar-refractivity contribution in [1.29, 1.82) is 0 Å². The lowest BCUT2D eigenvalue weighted by atomic mass is 10.2. The molecule has 80 valence electrons. The zero-order valence-electron chi connectivity index (χ0n) is 8.21. The van der Waals surface area contributed by atoms with Gasteiger partial charge in [0.05, 0.1) is 13.1 Å². The van der Waals surface area contributed by atoms with E-state index in [9.17, 15) is 9.59 Å². The summed E-state index contributed by atoms with van der Waals surface area (Å²) in [6.45, 7) is 0.220. The maximum absolute atomic E-state index is 11.3. The van der Waals surface area contributed by atoms with E-state index in [1.54, 1.807) is 0 Å². The van der Waals surface area contributed by atoms with E-state index >= 15 is 0 Å². The van der Waals surface area contributed by atoms with Gasteiger partial charge in [-0.3, -0.25) is 14.9 Å². The second-order valence-electron chi connectivity index (χ2n) is 3.62. The van der Waals surface area contributed by atoms with Crippen LogP contribution < -0.4 is 16.4 Å². The van der Waals surface area contributed by atoms with Crippen molar-refractivity contribution in [3.05, 3.63) is 0 Å². The largest absolute Gasteiger partial charge is 0.369 e. The molecule has 4 N–H and O–H groups in total. The molecule has 1 rings (SSSR count). The van der Waals surface area contributed by atoms with Crippen molar-refractivity contribution in [3.8, 4) is 0 Å². The molecule has 0 spiro atoms. The van der Waals surface area contributed by atoms with Gasteiger partial charge in [0.25, 0.3) is 0 Å². The summed E-state index contributed by atoms with van der Waals surface area (Å²) in [4.78, 5) is 21.6. The van der Waals surface area contributed by atoms with Crippen LogP contribution in [0.3, 0.4) is 0 Å². The third kappa shape index (κ3) is 4.23. The van der Waals surface area contributed by atoms with Crippen LogP contribution in [0.1, 0.15) is 25.7 Å². The molecule has 0 unspecified atom stereocenters. The standard InChI is InChI=1S/C9H17N3O2/c10-8(13)5-11-6-9(14)12-7-3-1-2-4-7/h7,11H,1-6H2,(H2,10,13)(H,12,14). The lowest BCUT2D eigenvalue weighted by Gasteiger charge is -2.11. The third-order valence-electron chi connectivity index (χ3n) is 2.31. The highest BCUT2D eigenvalue weighted by Crippen LogP contribution is 2.17. The Bertz CT molecular complexity index is 212. The molecule has 0 aromatic rings. The van der Waals surface area contributed by atoms with Crippen LogP contribution in [0.4, 0.5) is 0 Å². The van der Waals surface area contributed by atoms with Crippen molar-refractivity contribution in [1.82, 2.24) is 10.6 Å². The molecule has 0 aliphatic heterocycles. The van der Waals surface area contributed by atoms with E-state index in [0.29, 0.717) is 6.04 Å². The van der Waals surface area contributed by atoms with Gasteiger partial charge in [-0.15, -0.1) is 0 Å². The lowest BCUT2D eigenvalue weighted by molar-refractivity contribution is -0.121. The van der Waals surface area contributed by atoms with E-state index in [4.69, 9.17) is 5.73 Å². The molecule has 5 nitrogen and oxygen atoms in total. The van der Waals surface area contributed by atoms with Gasteiger partial charge in [-0.2, -0.15) is 0 Å². The second-order valence-corrected chi connectivity index (χ2v) is 3.62. The van der Waals surface area contributed by atoms with Gasteiger partial charge in [0.15, 0.2) is 0 Å². The fourth-order valence-electron chi connectivity index (χ4n) is 1.65. The monoisotopic (exact) mass is 199 g/mol. The summed E-state index contributed by atoms with van der Waals surface area (Å²) < 4.78 is 0. The third-order valence-corrected chi connectivity index (χ3v) is 2.31. The Balaban J connectivity index is 2.06. The van der Waals surface area contributed by atoms with Crippen molar-refractivity contribution >= 4 is 11.8 Å². The number of carbonyl (C=O) groups is 2. The molecule has 1 aliphatic rings. The summed E-state index contributed by atoms with van der Waals surface area (Å²) in [6.07, 6.45) is 4.53. The molecular weight excluding hydrogens is 182 g/mol. The number of primary amides is 1. The molecule has 1 saturated carbocycles. The molecule has 2 amide bonds. The molecule has 1 fully saturated rings. The van der Waals surface area contributed by atoms with Gasteiger partial charge < -0.3 is 11.1 Å². The summed E-state index contributed by atoms with van der Waals surface area (Å²) in [6, 6.07) is 0.331. The number of hydrogen-bond acceptors (Lipinski definition) is 3. The molecule has 0 saturated heterocycles. The first-order chi connectivity index (χ1) is 6.68. The number of nitrogens with one attached hydrogen (secondary N) is 2. The van der Waals surface area contributed by atoms with Crippen LogP contribution in [0.2, 0.25) is 0 Å². The maximum Gasteiger partial charge on any atom is 0.234 e. The first-order valence-corrected chi connectivity index (χ1v) is 4.97. The van der Waals surface area contributed by atoms with Crippen LogP contribution in [0, 0.1) is 0 Å². The Labute approximate surface area is 83.4 Å². The van der Waals surface area contributed by atoms with Gasteiger partial charge in [0.2, 0.25) is 11.8 Å². The highest BCUT2D eigenvalue weighted by molar-refractivity contribution is 5.80. The fraction of sp³-hybridized carbons (Fsp3) is 0.778. The summed E-state index contributed by atoms with van der Waals surface area (Å²) in [5.41, 5.74) is 4.91. The predicted molar refractivity (Wildman–Crippen MR) is 52.5 cm³/mol. The van der Waals surface area contributed by atoms with Gasteiger partial charge in [-0.1, -0.05) is 12.8 Å². The molecule has 14 heavy (non-hydrogen) atoms. The predicted octanol–water partition coefficient (Wildman–Crippen LogP) is -0.880. The van der Waals surface area contributed by atoms with Crippen molar-refractivity contribution in [2.75, 3.05) is 13.1 Å². The van der Waals surface area contributed by atoms with Crippen molar-refractivity contribution in [2.45, 2.75) is 31.7 Å². The fourth-order valence-corrected chi connectivity index (χ4v) is 1.65. The Morgan fingerprint density at radius 3 is 2.43 bits per heavy atom. The zero-order chi connectivity index (χ0) is 10.4. The quantitative estimate of drug-likeness (QED) is 0.537. The van der Waals surface area contributed by atoms with Crippen molar-refractivity contribution in [3.63, 3.8) is 0 Å². The highest BCUT2D eigenvalue weighted by atomic mass is 16.2. The van der Waals surface area contributed by atoms with Crippen LogP contribution in [0.5, 0.6) is 0 Å². The SMILES string of the molecule is NC(=O)CNCC(=O)NC1CCCC1. The number of hydrogen-bond donors (Lipinski definition) is 3. The van der Waals surface area contributed by atoms with E-state index < -0.39 is 5.91 Å². The first-order valence-electron chi connectivity index (χ1n) is 4.97. The molecule has 0 aromatic heterocycles. The Hall–Kier alpha value is -1.10. The summed E-state index contributed by atoms with van der Waals surface area (Å²) in [5.74, 6) is -0.503. The zero-order valence-corrected chi connectivity index (χ0v) is 8.21. The molecular formula is C9H17N3O2. The van der Waals surface area contributed by atoms with E-state index in [-0.39, 0.29) is 19.0 Å². The summed E-state index contributed by atoms with van der Waals surface area (Å²) in [5, 5.41) is 5.57. The van der Waals surface area contributed by atoms with E-state index in [0.717, 1.165) is 12.8 Å². The second kappa shape index (κ2) is 5.59. The van der Waals surface area contributed by atoms with Gasteiger partial charge >= 0.3 is 0 Å². The van der Waals surface area contributed by atoms with Crippen LogP contribution in [-0.4, -0.2) is 30.9 Å². The number of amides is 2. The Morgan fingerprint density at radius 2 is 1.86 bits per heavy atom. The average molecular weight is 199 g/mol. The smallest absolute Gasteiger partial charge is 0.234 e. The highest BCUT2D eigenvalue weighted by Gasteiger charge is 2.16. The van der Waals surface area contributed by atoms with E-state index in [2.05, 4.69) is 10.6 Å². The van der Waals surface area contributed by atoms with E-state index in [1.807, 2.05) is 0 Å². The van der Waals surface area contributed by atoms with Gasteiger partial charge in [0, 0.05) is 6.04 Å². The molecule has 0 heterocycles. The molecule has 1 aliphatic carbocycles. The Kier molecular flexibility index (Phi) is 4.39. The number of rotatable bonds is 5. The van der Waals surface area contributed by atoms with Crippen LogP contribution in [0.25, 0.3) is 0 Å². The van der Waals surface area contributed by atoms with E-state index in [1.165, 1.54) is 12.8 Å². The molecule has 0 aromatic carbocycles. The van der Waals surface area contributed by atoms with Gasteiger partial charge in [0.1, 0.15) is 0 Å². The van der Waals surface area contributed by atoms with Gasteiger partial charge in [-0.05, 0) is 12.8 Å². The lowest BCUT2D eigenvalue weighted by Crippen LogP contribution is -2.41. The normalized spacial score (nSPS) is 16.9. The van der Waals surface area contributed by atoms with Crippen LogP contribution in [-0.2, 0) is 9.59 Å². The van der Waals surface area contributed by atoms with Gasteiger partial charge in [-0.25, -0.2) is 0 Å². The molecule has 0 radical (unpaired) electrons. The van der Waals surface area contributed by atoms with Crippen LogP contribution in [0.15, 0.2) is 0 Å². The summed E-state index contributed by atoms with van der Waals surface area (Å²) >= 11 is 0. The molecule has 0 bridgehead atoms. The topological polar surface area (TPSA) is 84.2 Å². The van der Waals surface area contributed by atoms with Crippen molar-refractivity contribution in [2.24, 2.45) is 5.73 Å². The number of nitrogens with two attached hydrogens (primary N) is 1. The van der Waals surface area contributed by atoms with Crippen molar-refractivity contribution < 1.29 is 9.59 Å². The number of carbonyl (C=O) groups excluding carboxylic acids is 2. The summed E-state index contributed by atoms with van der Waals surface area (Å²) in [7, 11) is 0. The first kappa shape index (κ1) is 11.0.